The largest absolute Gasteiger partial charge is 0.492 e. The number of nitrogen functional groups attached to an aromatic ring is 1. The molecule has 3 N–H and O–H groups in total. The van der Waals surface area contributed by atoms with Crippen molar-refractivity contribution in [3.63, 3.8) is 0 Å². The van der Waals surface area contributed by atoms with Gasteiger partial charge in [-0.25, -0.2) is 8.42 Å². The van der Waals surface area contributed by atoms with Crippen molar-refractivity contribution >= 4 is 21.4 Å². The Morgan fingerprint density at radius 3 is 2.89 bits per heavy atom. The molecule has 0 amide bonds. The number of hydrogen-bond donors (Lipinski definition) is 2. The molecule has 2 aromatic rings. The van der Waals surface area contributed by atoms with E-state index in [1.807, 2.05) is 0 Å². The van der Waals surface area contributed by atoms with Crippen molar-refractivity contribution in [2.24, 2.45) is 0 Å². The molecule has 0 fully saturated rings. The van der Waals surface area contributed by atoms with Gasteiger partial charge in [-0.3, -0.25) is 4.72 Å². The van der Waals surface area contributed by atoms with E-state index >= 15 is 0 Å². The van der Waals surface area contributed by atoms with Crippen LogP contribution in [0.25, 0.3) is 0 Å². The summed E-state index contributed by atoms with van der Waals surface area (Å²) in [5.41, 5.74) is 6.17. The lowest BCUT2D eigenvalue weighted by atomic mass is 10.3. The molecule has 0 bridgehead atoms. The van der Waals surface area contributed by atoms with Crippen LogP contribution in [0.2, 0.25) is 0 Å². The zero-order chi connectivity index (χ0) is 13.9. The Morgan fingerprint density at radius 1 is 1.47 bits per heavy atom. The molecule has 0 atom stereocenters. The van der Waals surface area contributed by atoms with Gasteiger partial charge in [0.1, 0.15) is 22.6 Å². The third-order valence-electron chi connectivity index (χ3n) is 2.24. The lowest BCUT2D eigenvalue weighted by Gasteiger charge is -2.12. The smallest absolute Gasteiger partial charge is 0.265 e. The highest BCUT2D eigenvalue weighted by atomic mass is 32.2. The van der Waals surface area contributed by atoms with Gasteiger partial charge in [0.05, 0.1) is 12.8 Å². The van der Waals surface area contributed by atoms with Gasteiger partial charge in [0.2, 0.25) is 0 Å². The highest BCUT2D eigenvalue weighted by Crippen LogP contribution is 2.27. The molecule has 0 aliphatic carbocycles. The number of anilines is 2. The Bertz CT molecular complexity index is 653. The Kier molecular flexibility index (Phi) is 3.61. The van der Waals surface area contributed by atoms with Crippen molar-refractivity contribution in [3.05, 3.63) is 30.7 Å². The van der Waals surface area contributed by atoms with Crippen LogP contribution in [0.15, 0.2) is 40.1 Å². The quantitative estimate of drug-likeness (QED) is 0.804. The van der Waals surface area contributed by atoms with Crippen LogP contribution in [0.3, 0.4) is 0 Å². The Balaban J connectivity index is 2.41. The number of hydrogen-bond acceptors (Lipinski definition) is 6. The van der Waals surface area contributed by atoms with E-state index in [1.54, 1.807) is 13.0 Å². The minimum absolute atomic E-state index is 0.0319. The molecule has 0 unspecified atom stereocenters. The summed E-state index contributed by atoms with van der Waals surface area (Å²) in [5.74, 6) is 0.237. The Hall–Kier alpha value is -2.22. The first-order valence-corrected chi connectivity index (χ1v) is 6.96. The molecule has 0 saturated heterocycles. The highest BCUT2D eigenvalue weighted by molar-refractivity contribution is 7.92. The van der Waals surface area contributed by atoms with Gasteiger partial charge in [-0.2, -0.15) is 0 Å². The molecular weight excluding hydrogens is 270 g/mol. The molecular formula is C11H13N3O4S. The van der Waals surface area contributed by atoms with Crippen LogP contribution in [-0.2, 0) is 10.0 Å². The fourth-order valence-electron chi connectivity index (χ4n) is 1.47. The van der Waals surface area contributed by atoms with E-state index in [4.69, 9.17) is 10.5 Å². The van der Waals surface area contributed by atoms with E-state index in [9.17, 15) is 8.42 Å². The summed E-state index contributed by atoms with van der Waals surface area (Å²) in [6.45, 7) is 2.11. The van der Waals surface area contributed by atoms with Crippen LogP contribution in [0.1, 0.15) is 6.92 Å². The maximum absolute atomic E-state index is 12.2. The normalized spacial score (nSPS) is 11.2. The van der Waals surface area contributed by atoms with Crippen LogP contribution >= 0.6 is 0 Å². The molecule has 8 heteroatoms. The number of nitrogens with two attached hydrogens (primary N) is 1. The minimum Gasteiger partial charge on any atom is -0.492 e. The van der Waals surface area contributed by atoms with Crippen molar-refractivity contribution in [3.8, 4) is 5.75 Å². The predicted octanol–water partition coefficient (Wildman–Crippen LogP) is 1.46. The zero-order valence-electron chi connectivity index (χ0n) is 10.2. The van der Waals surface area contributed by atoms with E-state index in [2.05, 4.69) is 14.4 Å². The molecule has 0 aliphatic rings. The van der Waals surface area contributed by atoms with Crippen molar-refractivity contribution < 1.29 is 17.7 Å². The molecule has 0 saturated carbocycles. The van der Waals surface area contributed by atoms with Gasteiger partial charge >= 0.3 is 0 Å². The van der Waals surface area contributed by atoms with Gasteiger partial charge in [0, 0.05) is 5.69 Å². The van der Waals surface area contributed by atoms with Crippen molar-refractivity contribution in [1.82, 2.24) is 5.16 Å². The number of ether oxygens (including phenoxy) is 1. The lowest BCUT2D eigenvalue weighted by Crippen LogP contribution is -2.14. The van der Waals surface area contributed by atoms with Crippen molar-refractivity contribution in [1.29, 1.82) is 0 Å². The summed E-state index contributed by atoms with van der Waals surface area (Å²) < 4.78 is 36.6. The molecule has 1 heterocycles. The summed E-state index contributed by atoms with van der Waals surface area (Å²) in [6, 6.07) is 4.42. The topological polar surface area (TPSA) is 107 Å². The van der Waals surface area contributed by atoms with Crippen LogP contribution in [0, 0.1) is 0 Å². The second kappa shape index (κ2) is 5.19. The van der Waals surface area contributed by atoms with Crippen LogP contribution in [0.5, 0.6) is 5.75 Å². The first-order valence-electron chi connectivity index (χ1n) is 5.47. The van der Waals surface area contributed by atoms with E-state index in [1.165, 1.54) is 24.6 Å². The van der Waals surface area contributed by atoms with Gasteiger partial charge in [-0.05, 0) is 25.1 Å². The first-order chi connectivity index (χ1) is 9.03. The SMILES string of the molecule is CCOc1ccc(N)cc1S(=O)(=O)Nc1cnoc1. The van der Waals surface area contributed by atoms with Crippen molar-refractivity contribution in [2.75, 3.05) is 17.1 Å². The monoisotopic (exact) mass is 283 g/mol. The fourth-order valence-corrected chi connectivity index (χ4v) is 2.68. The molecule has 2 rings (SSSR count). The molecule has 0 radical (unpaired) electrons. The van der Waals surface area contributed by atoms with E-state index in [0.29, 0.717) is 12.3 Å². The maximum atomic E-state index is 12.2. The average Bonchev–Trinajstić information content (AvgIpc) is 2.83. The van der Waals surface area contributed by atoms with Crippen LogP contribution < -0.4 is 15.2 Å². The number of nitrogens with zero attached hydrogens (tertiary/aromatic N) is 1. The summed E-state index contributed by atoms with van der Waals surface area (Å²) in [7, 11) is -3.81. The number of benzene rings is 1. The van der Waals surface area contributed by atoms with Gasteiger partial charge in [0.15, 0.2) is 0 Å². The molecule has 1 aromatic heterocycles. The standard InChI is InChI=1S/C11H13N3O4S/c1-2-17-10-4-3-8(12)5-11(10)19(15,16)14-9-6-13-18-7-9/h3-7,14H,2,12H2,1H3. The van der Waals surface area contributed by atoms with Gasteiger partial charge in [-0.1, -0.05) is 5.16 Å². The van der Waals surface area contributed by atoms with Crippen LogP contribution in [-0.4, -0.2) is 20.2 Å². The summed E-state index contributed by atoms with van der Waals surface area (Å²) in [6.07, 6.45) is 2.44. The molecule has 19 heavy (non-hydrogen) atoms. The number of nitrogens with one attached hydrogen (secondary N) is 1. The van der Waals surface area contributed by atoms with E-state index < -0.39 is 10.0 Å². The average molecular weight is 283 g/mol. The van der Waals surface area contributed by atoms with Crippen LogP contribution in [0.4, 0.5) is 11.4 Å². The fraction of sp³-hybridized carbons (Fsp3) is 0.182. The molecule has 7 nitrogen and oxygen atoms in total. The third kappa shape index (κ3) is 2.97. The maximum Gasteiger partial charge on any atom is 0.265 e. The molecule has 1 aromatic carbocycles. The Labute approximate surface area is 110 Å². The highest BCUT2D eigenvalue weighted by Gasteiger charge is 2.20. The summed E-state index contributed by atoms with van der Waals surface area (Å²) >= 11 is 0. The summed E-state index contributed by atoms with van der Waals surface area (Å²) in [4.78, 5) is -0.0319. The first kappa shape index (κ1) is 13.2. The van der Waals surface area contributed by atoms with Gasteiger partial charge in [-0.15, -0.1) is 0 Å². The number of sulfonamides is 1. The predicted molar refractivity (Wildman–Crippen MR) is 69.3 cm³/mol. The molecule has 102 valence electrons. The Morgan fingerprint density at radius 2 is 2.26 bits per heavy atom. The number of aromatic nitrogens is 1. The third-order valence-corrected chi connectivity index (χ3v) is 3.64. The lowest BCUT2D eigenvalue weighted by molar-refractivity contribution is 0.331. The van der Waals surface area contributed by atoms with E-state index in [0.717, 1.165) is 0 Å². The van der Waals surface area contributed by atoms with Crippen molar-refractivity contribution in [2.45, 2.75) is 11.8 Å². The minimum atomic E-state index is -3.81. The van der Waals surface area contributed by atoms with Gasteiger partial charge in [0.25, 0.3) is 10.0 Å². The zero-order valence-corrected chi connectivity index (χ0v) is 11.0. The molecule has 0 spiro atoms. The second-order valence-corrected chi connectivity index (χ2v) is 5.31. The second-order valence-electron chi connectivity index (χ2n) is 3.66. The molecule has 0 aliphatic heterocycles. The number of rotatable bonds is 5. The summed E-state index contributed by atoms with van der Waals surface area (Å²) in [5, 5.41) is 3.42. The van der Waals surface area contributed by atoms with E-state index in [-0.39, 0.29) is 16.3 Å². The van der Waals surface area contributed by atoms with Gasteiger partial charge < -0.3 is 15.0 Å².